The van der Waals surface area contributed by atoms with Gasteiger partial charge in [0.1, 0.15) is 0 Å². The van der Waals surface area contributed by atoms with E-state index in [1.54, 1.807) is 13.8 Å². The molecule has 1 fully saturated rings. The van der Waals surface area contributed by atoms with Gasteiger partial charge in [0.05, 0.1) is 6.61 Å². The van der Waals surface area contributed by atoms with Crippen molar-refractivity contribution in [1.29, 1.82) is 0 Å². The van der Waals surface area contributed by atoms with Gasteiger partial charge in [-0.15, -0.1) is 6.42 Å². The summed E-state index contributed by atoms with van der Waals surface area (Å²) in [7, 11) is -3.88. The second-order valence-corrected chi connectivity index (χ2v) is 4.15. The lowest BCUT2D eigenvalue weighted by molar-refractivity contribution is 0.00839. The van der Waals surface area contributed by atoms with E-state index in [1.807, 2.05) is 0 Å². The van der Waals surface area contributed by atoms with Gasteiger partial charge in [0, 0.05) is 5.92 Å². The van der Waals surface area contributed by atoms with Crippen LogP contribution in [0.4, 0.5) is 0 Å². The molecular weight excluding hydrogens is 180 g/mol. The molecule has 0 aliphatic carbocycles. The summed E-state index contributed by atoms with van der Waals surface area (Å²) in [5.74, 6) is 2.17. The van der Waals surface area contributed by atoms with E-state index in [0.717, 1.165) is 0 Å². The summed E-state index contributed by atoms with van der Waals surface area (Å²) in [5, 5.41) is 0. The maximum Gasteiger partial charge on any atom is 0.401 e. The Morgan fingerprint density at radius 1 is 1.67 bits per heavy atom. The first kappa shape index (κ1) is 9.52. The molecule has 4 nitrogen and oxygen atoms in total. The van der Waals surface area contributed by atoms with E-state index in [-0.39, 0.29) is 12.5 Å². The summed E-state index contributed by atoms with van der Waals surface area (Å²) < 4.78 is 30.7. The van der Waals surface area contributed by atoms with E-state index in [0.29, 0.717) is 0 Å². The van der Waals surface area contributed by atoms with Crippen molar-refractivity contribution in [2.45, 2.75) is 19.4 Å². The van der Waals surface area contributed by atoms with E-state index in [4.69, 9.17) is 6.42 Å². The highest BCUT2D eigenvalue weighted by atomic mass is 32.3. The summed E-state index contributed by atoms with van der Waals surface area (Å²) in [5.41, 5.74) is -1.07. The quantitative estimate of drug-likeness (QED) is 0.516. The summed E-state index contributed by atoms with van der Waals surface area (Å²) in [6.07, 6.45) is 5.15. The standard InChI is InChI=1S/C7H10O4S/c1-4-7(3)6(2)5-10-12(8,9)11-7/h1,6H,5H2,2-3H3. The largest absolute Gasteiger partial charge is 0.401 e. The van der Waals surface area contributed by atoms with Gasteiger partial charge in [-0.25, -0.2) is 8.37 Å². The Balaban J connectivity index is 2.96. The summed E-state index contributed by atoms with van der Waals surface area (Å²) in [4.78, 5) is 0. The van der Waals surface area contributed by atoms with Crippen molar-refractivity contribution in [1.82, 2.24) is 0 Å². The maximum atomic E-state index is 10.8. The van der Waals surface area contributed by atoms with Crippen LogP contribution < -0.4 is 0 Å². The molecule has 5 heteroatoms. The predicted octanol–water partition coefficient (Wildman–Crippen LogP) is 0.306. The summed E-state index contributed by atoms with van der Waals surface area (Å²) in [6.45, 7) is 3.40. The van der Waals surface area contributed by atoms with Crippen LogP contribution in [0, 0.1) is 18.3 Å². The Labute approximate surface area is 72.2 Å². The van der Waals surface area contributed by atoms with Gasteiger partial charge in [-0.05, 0) is 6.92 Å². The second kappa shape index (κ2) is 2.73. The average molecular weight is 190 g/mol. The molecule has 2 atom stereocenters. The number of terminal acetylenes is 1. The van der Waals surface area contributed by atoms with E-state index < -0.39 is 16.0 Å². The van der Waals surface area contributed by atoms with Crippen molar-refractivity contribution in [2.75, 3.05) is 6.61 Å². The third kappa shape index (κ3) is 1.61. The molecule has 1 saturated heterocycles. The molecule has 0 saturated carbocycles. The molecule has 0 radical (unpaired) electrons. The zero-order valence-electron chi connectivity index (χ0n) is 6.90. The highest BCUT2D eigenvalue weighted by Gasteiger charge is 2.41. The summed E-state index contributed by atoms with van der Waals surface area (Å²) >= 11 is 0. The molecule has 0 aromatic rings. The zero-order valence-corrected chi connectivity index (χ0v) is 7.72. The van der Waals surface area contributed by atoms with E-state index >= 15 is 0 Å². The normalized spacial score (nSPS) is 40.2. The van der Waals surface area contributed by atoms with Crippen molar-refractivity contribution in [3.8, 4) is 12.3 Å². The van der Waals surface area contributed by atoms with Crippen LogP contribution in [-0.4, -0.2) is 20.6 Å². The van der Waals surface area contributed by atoms with Crippen LogP contribution in [0.2, 0.25) is 0 Å². The molecule has 0 spiro atoms. The molecule has 1 aliphatic rings. The van der Waals surface area contributed by atoms with Gasteiger partial charge in [-0.3, -0.25) is 0 Å². The van der Waals surface area contributed by atoms with Crippen molar-refractivity contribution in [3.63, 3.8) is 0 Å². The highest BCUT2D eigenvalue weighted by Crippen LogP contribution is 2.29. The molecule has 0 bridgehead atoms. The molecule has 0 N–H and O–H groups in total. The first-order chi connectivity index (χ1) is 5.40. The molecule has 0 aromatic carbocycles. The first-order valence-corrected chi connectivity index (χ1v) is 4.81. The monoisotopic (exact) mass is 190 g/mol. The molecule has 12 heavy (non-hydrogen) atoms. The van der Waals surface area contributed by atoms with Gasteiger partial charge in [0.2, 0.25) is 0 Å². The predicted molar refractivity (Wildman–Crippen MR) is 42.4 cm³/mol. The molecular formula is C7H10O4S. The van der Waals surface area contributed by atoms with Crippen LogP contribution in [0.5, 0.6) is 0 Å². The Morgan fingerprint density at radius 3 is 2.67 bits per heavy atom. The molecule has 1 aliphatic heterocycles. The molecule has 1 heterocycles. The van der Waals surface area contributed by atoms with E-state index in [1.165, 1.54) is 0 Å². The minimum absolute atomic E-state index is 0.0725. The van der Waals surface area contributed by atoms with E-state index in [9.17, 15) is 8.42 Å². The Hall–Kier alpha value is -0.570. The van der Waals surface area contributed by atoms with Crippen molar-refractivity contribution in [3.05, 3.63) is 0 Å². The SMILES string of the molecule is C#CC1(C)OS(=O)(=O)OCC1C. The van der Waals surface area contributed by atoms with Crippen molar-refractivity contribution in [2.24, 2.45) is 5.92 Å². The second-order valence-electron chi connectivity index (χ2n) is 2.93. The highest BCUT2D eigenvalue weighted by molar-refractivity contribution is 7.82. The lowest BCUT2D eigenvalue weighted by atomic mass is 9.93. The van der Waals surface area contributed by atoms with Gasteiger partial charge in [-0.2, -0.15) is 8.42 Å². The third-order valence-corrected chi connectivity index (χ3v) is 2.94. The van der Waals surface area contributed by atoms with Crippen LogP contribution in [0.15, 0.2) is 0 Å². The van der Waals surface area contributed by atoms with Crippen LogP contribution in [0.1, 0.15) is 13.8 Å². The lowest BCUT2D eigenvalue weighted by Crippen LogP contribution is -2.44. The van der Waals surface area contributed by atoms with Crippen molar-refractivity contribution < 1.29 is 16.8 Å². The molecule has 1 rings (SSSR count). The zero-order chi connectivity index (χ0) is 9.41. The fourth-order valence-corrected chi connectivity index (χ4v) is 1.88. The minimum atomic E-state index is -3.88. The van der Waals surface area contributed by atoms with Crippen LogP contribution >= 0.6 is 0 Å². The van der Waals surface area contributed by atoms with Gasteiger partial charge >= 0.3 is 10.4 Å². The van der Waals surface area contributed by atoms with Gasteiger partial charge in [-0.1, -0.05) is 12.8 Å². The average Bonchev–Trinajstić information content (AvgIpc) is 1.97. The fourth-order valence-electron chi connectivity index (χ4n) is 0.829. The molecule has 68 valence electrons. The molecule has 0 aromatic heterocycles. The Morgan fingerprint density at radius 2 is 2.25 bits per heavy atom. The Kier molecular flexibility index (Phi) is 2.17. The third-order valence-electron chi connectivity index (χ3n) is 1.96. The molecule has 2 unspecified atom stereocenters. The van der Waals surface area contributed by atoms with Gasteiger partial charge in [0.25, 0.3) is 0 Å². The molecule has 0 amide bonds. The van der Waals surface area contributed by atoms with Crippen LogP contribution in [-0.2, 0) is 18.8 Å². The van der Waals surface area contributed by atoms with Gasteiger partial charge in [0.15, 0.2) is 5.60 Å². The lowest BCUT2D eigenvalue weighted by Gasteiger charge is -2.33. The van der Waals surface area contributed by atoms with E-state index in [2.05, 4.69) is 14.3 Å². The summed E-state index contributed by atoms with van der Waals surface area (Å²) in [6, 6.07) is 0. The maximum absolute atomic E-state index is 10.8. The van der Waals surface area contributed by atoms with Crippen LogP contribution in [0.3, 0.4) is 0 Å². The fraction of sp³-hybridized carbons (Fsp3) is 0.714. The van der Waals surface area contributed by atoms with Crippen molar-refractivity contribution >= 4 is 10.4 Å². The number of rotatable bonds is 0. The smallest absolute Gasteiger partial charge is 0.248 e. The minimum Gasteiger partial charge on any atom is -0.248 e. The number of hydrogen-bond donors (Lipinski definition) is 0. The first-order valence-electron chi connectivity index (χ1n) is 3.47. The Bertz CT molecular complexity index is 313. The topological polar surface area (TPSA) is 52.6 Å². The van der Waals surface area contributed by atoms with Crippen LogP contribution in [0.25, 0.3) is 0 Å². The number of hydrogen-bond acceptors (Lipinski definition) is 4. The van der Waals surface area contributed by atoms with Gasteiger partial charge < -0.3 is 0 Å².